The quantitative estimate of drug-likeness (QED) is 0.639. The molecular formula is C23H26N2O4. The number of benzene rings is 2. The molecule has 0 bridgehead atoms. The number of nitrogens with one attached hydrogen (secondary N) is 2. The lowest BCUT2D eigenvalue weighted by atomic mass is 10.0. The summed E-state index contributed by atoms with van der Waals surface area (Å²) in [6.07, 6.45) is 2.32. The molecule has 1 aliphatic rings. The fourth-order valence-corrected chi connectivity index (χ4v) is 3.48. The lowest BCUT2D eigenvalue weighted by Crippen LogP contribution is -2.30. The van der Waals surface area contributed by atoms with Crippen molar-refractivity contribution in [1.29, 1.82) is 0 Å². The minimum absolute atomic E-state index is 0.0186. The Hall–Kier alpha value is -3.15. The van der Waals surface area contributed by atoms with E-state index in [1.54, 1.807) is 6.92 Å². The molecule has 2 amide bonds. The maximum atomic E-state index is 12.5. The van der Waals surface area contributed by atoms with E-state index in [1.165, 1.54) is 0 Å². The van der Waals surface area contributed by atoms with Gasteiger partial charge in [0, 0.05) is 12.1 Å². The Labute approximate surface area is 170 Å². The summed E-state index contributed by atoms with van der Waals surface area (Å²) in [6.45, 7) is 2.08. The highest BCUT2D eigenvalue weighted by molar-refractivity contribution is 5.99. The second kappa shape index (κ2) is 9.87. The Morgan fingerprint density at radius 3 is 2.72 bits per heavy atom. The van der Waals surface area contributed by atoms with Crippen LogP contribution in [-0.2, 0) is 32.0 Å². The number of fused-ring (bicyclic) bond motifs is 1. The van der Waals surface area contributed by atoms with E-state index in [4.69, 9.17) is 4.74 Å². The van der Waals surface area contributed by atoms with E-state index in [2.05, 4.69) is 10.6 Å². The van der Waals surface area contributed by atoms with Crippen LogP contribution in [0.25, 0.3) is 0 Å². The Kier molecular flexibility index (Phi) is 7.00. The smallest absolute Gasteiger partial charge is 0.308 e. The number of ether oxygens (including phenoxy) is 1. The Morgan fingerprint density at radius 2 is 1.97 bits per heavy atom. The molecule has 6 nitrogen and oxygen atoms in total. The summed E-state index contributed by atoms with van der Waals surface area (Å²) >= 11 is 0. The van der Waals surface area contributed by atoms with Gasteiger partial charge in [-0.1, -0.05) is 42.5 Å². The molecular weight excluding hydrogens is 368 g/mol. The molecule has 1 atom stereocenters. The van der Waals surface area contributed by atoms with Gasteiger partial charge in [0.1, 0.15) is 0 Å². The molecule has 0 aromatic heterocycles. The number of amides is 2. The van der Waals surface area contributed by atoms with Crippen molar-refractivity contribution in [1.82, 2.24) is 5.32 Å². The van der Waals surface area contributed by atoms with Crippen LogP contribution in [0.3, 0.4) is 0 Å². The van der Waals surface area contributed by atoms with Crippen LogP contribution >= 0.6 is 0 Å². The lowest BCUT2D eigenvalue weighted by molar-refractivity contribution is -0.143. The van der Waals surface area contributed by atoms with Crippen LogP contribution < -0.4 is 10.6 Å². The van der Waals surface area contributed by atoms with Crippen molar-refractivity contribution < 1.29 is 19.1 Å². The first kappa shape index (κ1) is 20.6. The number of hydrogen-bond donors (Lipinski definition) is 2. The van der Waals surface area contributed by atoms with Crippen molar-refractivity contribution in [2.45, 2.75) is 45.1 Å². The SMILES string of the molecule is CCOC(=O)CC(NC(=O)CCCc1ccc2c(c1)CC(=O)N2)c1ccccc1. The highest BCUT2D eigenvalue weighted by Crippen LogP contribution is 2.24. The number of hydrogen-bond acceptors (Lipinski definition) is 4. The Morgan fingerprint density at radius 1 is 1.17 bits per heavy atom. The van der Waals surface area contributed by atoms with Crippen molar-refractivity contribution in [3.8, 4) is 0 Å². The van der Waals surface area contributed by atoms with Gasteiger partial charge in [0.2, 0.25) is 11.8 Å². The molecule has 1 aliphatic heterocycles. The monoisotopic (exact) mass is 394 g/mol. The van der Waals surface area contributed by atoms with Gasteiger partial charge in [0.05, 0.1) is 25.5 Å². The zero-order chi connectivity index (χ0) is 20.6. The van der Waals surface area contributed by atoms with Gasteiger partial charge in [-0.15, -0.1) is 0 Å². The summed E-state index contributed by atoms with van der Waals surface area (Å²) in [7, 11) is 0. The fraction of sp³-hybridized carbons (Fsp3) is 0.348. The maximum absolute atomic E-state index is 12.5. The third kappa shape index (κ3) is 5.91. The molecule has 0 saturated heterocycles. The van der Waals surface area contributed by atoms with Crippen LogP contribution in [0.2, 0.25) is 0 Å². The summed E-state index contributed by atoms with van der Waals surface area (Å²) in [5, 5.41) is 5.78. The largest absolute Gasteiger partial charge is 0.466 e. The van der Waals surface area contributed by atoms with Crippen LogP contribution in [0.5, 0.6) is 0 Å². The molecule has 0 saturated carbocycles. The fourth-order valence-electron chi connectivity index (χ4n) is 3.48. The minimum Gasteiger partial charge on any atom is -0.466 e. The van der Waals surface area contributed by atoms with E-state index in [9.17, 15) is 14.4 Å². The predicted molar refractivity (Wildman–Crippen MR) is 110 cm³/mol. The lowest BCUT2D eigenvalue weighted by Gasteiger charge is -2.18. The normalized spacial score (nSPS) is 13.3. The van der Waals surface area contributed by atoms with Gasteiger partial charge < -0.3 is 15.4 Å². The molecule has 3 rings (SSSR count). The van der Waals surface area contributed by atoms with Crippen LogP contribution in [-0.4, -0.2) is 24.4 Å². The first-order chi connectivity index (χ1) is 14.0. The van der Waals surface area contributed by atoms with Gasteiger partial charge in [0.15, 0.2) is 0 Å². The van der Waals surface area contributed by atoms with E-state index >= 15 is 0 Å². The molecule has 0 aliphatic carbocycles. The van der Waals surface area contributed by atoms with Crippen LogP contribution in [0.15, 0.2) is 48.5 Å². The molecule has 2 aromatic carbocycles. The standard InChI is InChI=1S/C23H26N2O4/c1-2-29-23(28)15-20(17-8-4-3-5-9-17)25-21(26)10-6-7-16-11-12-19-18(13-16)14-22(27)24-19/h3-5,8-9,11-13,20H,2,6-7,10,14-15H2,1H3,(H,24,27)(H,25,26). The second-order valence-corrected chi connectivity index (χ2v) is 7.11. The number of esters is 1. The van der Waals surface area contributed by atoms with Crippen molar-refractivity contribution in [2.24, 2.45) is 0 Å². The summed E-state index contributed by atoms with van der Waals surface area (Å²) in [5.41, 5.74) is 3.88. The first-order valence-corrected chi connectivity index (χ1v) is 9.96. The van der Waals surface area contributed by atoms with Crippen molar-refractivity contribution in [3.05, 3.63) is 65.2 Å². The van der Waals surface area contributed by atoms with Gasteiger partial charge >= 0.3 is 5.97 Å². The Bertz CT molecular complexity index is 880. The molecule has 2 N–H and O–H groups in total. The molecule has 2 aromatic rings. The number of rotatable bonds is 9. The van der Waals surface area contributed by atoms with E-state index in [-0.39, 0.29) is 24.2 Å². The molecule has 152 valence electrons. The molecule has 0 radical (unpaired) electrons. The number of aryl methyl sites for hydroxylation is 1. The van der Waals surface area contributed by atoms with Crippen molar-refractivity contribution in [3.63, 3.8) is 0 Å². The van der Waals surface area contributed by atoms with Gasteiger partial charge in [-0.2, -0.15) is 0 Å². The Balaban J connectivity index is 1.53. The summed E-state index contributed by atoms with van der Waals surface area (Å²) in [4.78, 5) is 35.8. The van der Waals surface area contributed by atoms with Crippen LogP contribution in [0.4, 0.5) is 5.69 Å². The summed E-state index contributed by atoms with van der Waals surface area (Å²) in [6, 6.07) is 15.0. The van der Waals surface area contributed by atoms with Crippen LogP contribution in [0.1, 0.15) is 48.9 Å². The van der Waals surface area contributed by atoms with Gasteiger partial charge in [-0.25, -0.2) is 0 Å². The zero-order valence-electron chi connectivity index (χ0n) is 16.6. The summed E-state index contributed by atoms with van der Waals surface area (Å²) in [5.74, 6) is -0.408. The van der Waals surface area contributed by atoms with Gasteiger partial charge in [-0.3, -0.25) is 14.4 Å². The molecule has 6 heteroatoms. The van der Waals surface area contributed by atoms with Crippen molar-refractivity contribution >= 4 is 23.5 Å². The maximum Gasteiger partial charge on any atom is 0.308 e. The third-order valence-electron chi connectivity index (χ3n) is 4.88. The second-order valence-electron chi connectivity index (χ2n) is 7.11. The first-order valence-electron chi connectivity index (χ1n) is 9.96. The zero-order valence-corrected chi connectivity index (χ0v) is 16.6. The van der Waals surface area contributed by atoms with E-state index in [0.717, 1.165) is 28.8 Å². The number of carbonyl (C=O) groups is 3. The third-order valence-corrected chi connectivity index (χ3v) is 4.88. The highest BCUT2D eigenvalue weighted by Gasteiger charge is 2.20. The average Bonchev–Trinajstić information content (AvgIpc) is 3.07. The van der Waals surface area contributed by atoms with Crippen LogP contribution in [0, 0.1) is 0 Å². The topological polar surface area (TPSA) is 84.5 Å². The van der Waals surface area contributed by atoms with E-state index in [1.807, 2.05) is 48.5 Å². The van der Waals surface area contributed by atoms with Crippen molar-refractivity contribution in [2.75, 3.05) is 11.9 Å². The summed E-state index contributed by atoms with van der Waals surface area (Å²) < 4.78 is 5.04. The van der Waals surface area contributed by atoms with Gasteiger partial charge in [-0.05, 0) is 42.5 Å². The molecule has 1 unspecified atom stereocenters. The molecule has 1 heterocycles. The minimum atomic E-state index is -0.403. The number of anilines is 1. The van der Waals surface area contributed by atoms with E-state index in [0.29, 0.717) is 25.9 Å². The predicted octanol–water partition coefficient (Wildman–Crippen LogP) is 3.31. The average molecular weight is 394 g/mol. The number of carbonyl (C=O) groups excluding carboxylic acids is 3. The van der Waals surface area contributed by atoms with E-state index < -0.39 is 6.04 Å². The molecule has 0 spiro atoms. The van der Waals surface area contributed by atoms with Gasteiger partial charge in [0.25, 0.3) is 0 Å². The molecule has 29 heavy (non-hydrogen) atoms. The highest BCUT2D eigenvalue weighted by atomic mass is 16.5. The molecule has 0 fully saturated rings.